The molecule has 1 aliphatic heterocycles. The van der Waals surface area contributed by atoms with Crippen molar-refractivity contribution in [3.8, 4) is 23.0 Å². The van der Waals surface area contributed by atoms with Gasteiger partial charge in [0, 0.05) is 10.9 Å². The first kappa shape index (κ1) is 18.9. The number of furan rings is 1. The molecule has 0 radical (unpaired) electrons. The summed E-state index contributed by atoms with van der Waals surface area (Å²) >= 11 is 0. The van der Waals surface area contributed by atoms with Crippen molar-refractivity contribution in [3.63, 3.8) is 0 Å². The number of nitrogens with zero attached hydrogens (tertiary/aromatic N) is 1. The number of hydrogen-bond acceptors (Lipinski definition) is 7. The molecule has 1 aliphatic rings. The highest BCUT2D eigenvalue weighted by Gasteiger charge is 2.20. The second kappa shape index (κ2) is 7.60. The fraction of sp³-hybridized carbons (Fsp3) is 0.125. The average molecular weight is 415 g/mol. The predicted octanol–water partition coefficient (Wildman–Crippen LogP) is 4.57. The summed E-state index contributed by atoms with van der Waals surface area (Å²) in [5.74, 6) is 1.41. The van der Waals surface area contributed by atoms with Crippen molar-refractivity contribution in [2.24, 2.45) is 0 Å². The van der Waals surface area contributed by atoms with Gasteiger partial charge in [-0.3, -0.25) is 4.79 Å². The molecular formula is C24H17NO6. The van der Waals surface area contributed by atoms with E-state index in [-0.39, 0.29) is 12.6 Å². The van der Waals surface area contributed by atoms with Gasteiger partial charge in [0.2, 0.25) is 6.79 Å². The van der Waals surface area contributed by atoms with Crippen LogP contribution in [-0.2, 0) is 4.74 Å². The normalized spacial score (nSPS) is 12.2. The number of hydrogen-bond donors (Lipinski definition) is 0. The van der Waals surface area contributed by atoms with Crippen LogP contribution in [0, 0.1) is 6.92 Å². The van der Waals surface area contributed by atoms with Crippen LogP contribution in [0.1, 0.15) is 26.5 Å². The molecule has 7 nitrogen and oxygen atoms in total. The number of ketones is 1. The topological polar surface area (TPSA) is 87.9 Å². The quantitative estimate of drug-likeness (QED) is 0.348. The maximum absolute atomic E-state index is 12.9. The Bertz CT molecular complexity index is 1320. The van der Waals surface area contributed by atoms with Gasteiger partial charge in [0.25, 0.3) is 0 Å². The van der Waals surface area contributed by atoms with Crippen LogP contribution in [0.4, 0.5) is 0 Å². The van der Waals surface area contributed by atoms with Crippen LogP contribution in [0.25, 0.3) is 22.4 Å². The van der Waals surface area contributed by atoms with Crippen molar-refractivity contribution in [1.82, 2.24) is 4.98 Å². The number of aromatic nitrogens is 1. The molecule has 2 aromatic heterocycles. The minimum atomic E-state index is -0.614. The summed E-state index contributed by atoms with van der Waals surface area (Å²) in [6.07, 6.45) is 0. The molecule has 4 aromatic rings. The maximum atomic E-state index is 12.9. The molecule has 0 saturated heterocycles. The van der Waals surface area contributed by atoms with Gasteiger partial charge >= 0.3 is 5.97 Å². The van der Waals surface area contributed by atoms with Crippen LogP contribution in [0.2, 0.25) is 0 Å². The molecule has 31 heavy (non-hydrogen) atoms. The summed E-state index contributed by atoms with van der Waals surface area (Å²) in [5.41, 5.74) is 1.83. The first-order valence-electron chi connectivity index (χ1n) is 9.65. The van der Waals surface area contributed by atoms with Gasteiger partial charge in [-0.2, -0.15) is 0 Å². The van der Waals surface area contributed by atoms with Gasteiger partial charge in [-0.15, -0.1) is 0 Å². The number of carbonyl (C=O) groups is 2. The van der Waals surface area contributed by atoms with Crippen LogP contribution >= 0.6 is 0 Å². The van der Waals surface area contributed by atoms with E-state index >= 15 is 0 Å². The van der Waals surface area contributed by atoms with Gasteiger partial charge in [0.15, 0.2) is 29.6 Å². The fourth-order valence-electron chi connectivity index (χ4n) is 3.40. The van der Waals surface area contributed by atoms with E-state index < -0.39 is 12.6 Å². The van der Waals surface area contributed by atoms with Crippen molar-refractivity contribution < 1.29 is 28.2 Å². The Morgan fingerprint density at radius 2 is 1.84 bits per heavy atom. The van der Waals surface area contributed by atoms with Gasteiger partial charge in [0.05, 0.1) is 11.1 Å². The van der Waals surface area contributed by atoms with Crippen molar-refractivity contribution in [3.05, 3.63) is 77.6 Å². The molecule has 0 amide bonds. The highest BCUT2D eigenvalue weighted by atomic mass is 16.7. The largest absolute Gasteiger partial charge is 0.460 e. The molecule has 5 rings (SSSR count). The molecule has 0 bridgehead atoms. The van der Waals surface area contributed by atoms with Crippen LogP contribution in [0.3, 0.4) is 0 Å². The maximum Gasteiger partial charge on any atom is 0.339 e. The van der Waals surface area contributed by atoms with Crippen molar-refractivity contribution in [2.45, 2.75) is 6.92 Å². The lowest BCUT2D eigenvalue weighted by Gasteiger charge is -2.09. The number of Topliss-reactive ketones (excluding diaryl/α,β-unsaturated/α-hetero) is 1. The van der Waals surface area contributed by atoms with Crippen LogP contribution in [0.5, 0.6) is 11.5 Å². The van der Waals surface area contributed by atoms with Crippen LogP contribution in [-0.4, -0.2) is 30.1 Å². The minimum absolute atomic E-state index is 0.120. The van der Waals surface area contributed by atoms with Gasteiger partial charge in [0.1, 0.15) is 11.5 Å². The summed E-state index contributed by atoms with van der Waals surface area (Å²) in [5, 5.41) is 0.634. The third kappa shape index (κ3) is 3.61. The van der Waals surface area contributed by atoms with Gasteiger partial charge in [-0.1, -0.05) is 18.2 Å². The molecule has 0 fully saturated rings. The lowest BCUT2D eigenvalue weighted by atomic mass is 10.1. The van der Waals surface area contributed by atoms with E-state index in [1.54, 1.807) is 36.4 Å². The number of para-hydroxylation sites is 1. The number of ether oxygens (including phenoxy) is 3. The summed E-state index contributed by atoms with van der Waals surface area (Å²) in [4.78, 5) is 30.0. The van der Waals surface area contributed by atoms with E-state index in [1.807, 2.05) is 31.2 Å². The second-order valence-electron chi connectivity index (χ2n) is 7.05. The lowest BCUT2D eigenvalue weighted by Crippen LogP contribution is -2.15. The van der Waals surface area contributed by atoms with Crippen molar-refractivity contribution in [2.75, 3.05) is 13.4 Å². The third-order valence-electron chi connectivity index (χ3n) is 4.96. The number of pyridine rings is 1. The van der Waals surface area contributed by atoms with E-state index in [9.17, 15) is 9.59 Å². The monoisotopic (exact) mass is 415 g/mol. The summed E-state index contributed by atoms with van der Waals surface area (Å²) in [7, 11) is 0. The zero-order valence-electron chi connectivity index (χ0n) is 16.6. The van der Waals surface area contributed by atoms with Crippen molar-refractivity contribution in [1.29, 1.82) is 0 Å². The smallest absolute Gasteiger partial charge is 0.339 e. The van der Waals surface area contributed by atoms with Gasteiger partial charge in [-0.05, 0) is 49.4 Å². The summed E-state index contributed by atoms with van der Waals surface area (Å²) in [6, 6.07) is 17.3. The van der Waals surface area contributed by atoms with E-state index in [2.05, 4.69) is 4.98 Å². The fourth-order valence-corrected chi connectivity index (χ4v) is 3.40. The molecule has 0 spiro atoms. The number of benzene rings is 2. The minimum Gasteiger partial charge on any atom is -0.460 e. The predicted molar refractivity (Wildman–Crippen MR) is 111 cm³/mol. The molecule has 0 atom stereocenters. The SMILES string of the molecule is Cc1ccc(-c2cc(C(=O)OCC(=O)c3ccc4c(c3)OCO4)c3ccccc3n2)o1. The number of esters is 1. The summed E-state index contributed by atoms with van der Waals surface area (Å²) in [6.45, 7) is 1.56. The van der Waals surface area contributed by atoms with Crippen molar-refractivity contribution >= 4 is 22.7 Å². The number of carbonyl (C=O) groups excluding carboxylic acids is 2. The average Bonchev–Trinajstić information content (AvgIpc) is 3.44. The molecule has 0 saturated carbocycles. The van der Waals surface area contributed by atoms with Gasteiger partial charge in [-0.25, -0.2) is 9.78 Å². The molecule has 0 unspecified atom stereocenters. The molecule has 154 valence electrons. The van der Waals surface area contributed by atoms with Gasteiger partial charge < -0.3 is 18.6 Å². The van der Waals surface area contributed by atoms with Crippen LogP contribution < -0.4 is 9.47 Å². The molecule has 7 heteroatoms. The number of rotatable bonds is 5. The molecule has 2 aromatic carbocycles. The van der Waals surface area contributed by atoms with E-state index in [4.69, 9.17) is 18.6 Å². The third-order valence-corrected chi connectivity index (χ3v) is 4.96. The highest BCUT2D eigenvalue weighted by Crippen LogP contribution is 2.32. The Kier molecular flexibility index (Phi) is 4.63. The Balaban J connectivity index is 1.40. The molecular weight excluding hydrogens is 398 g/mol. The first-order valence-corrected chi connectivity index (χ1v) is 9.65. The Morgan fingerprint density at radius 3 is 2.68 bits per heavy atom. The Hall–Kier alpha value is -4.13. The van der Waals surface area contributed by atoms with Crippen LogP contribution in [0.15, 0.2) is 65.1 Å². The number of aryl methyl sites for hydroxylation is 1. The second-order valence-corrected chi connectivity index (χ2v) is 7.05. The Morgan fingerprint density at radius 1 is 1.00 bits per heavy atom. The molecule has 0 N–H and O–H groups in total. The zero-order valence-corrected chi connectivity index (χ0v) is 16.6. The lowest BCUT2D eigenvalue weighted by molar-refractivity contribution is 0.0476. The number of fused-ring (bicyclic) bond motifs is 2. The molecule has 3 heterocycles. The van der Waals surface area contributed by atoms with E-state index in [0.29, 0.717) is 45.0 Å². The molecule has 0 aliphatic carbocycles. The Labute approximate surface area is 177 Å². The van der Waals surface area contributed by atoms with E-state index in [1.165, 1.54) is 0 Å². The first-order chi connectivity index (χ1) is 15.1. The zero-order chi connectivity index (χ0) is 21.4. The standard InChI is InChI=1S/C24H17NO6/c1-14-6-8-21(31-14)19-11-17(16-4-2-3-5-18(16)25-19)24(27)28-12-20(26)15-7-9-22-23(10-15)30-13-29-22/h2-11H,12-13H2,1H3. The summed E-state index contributed by atoms with van der Waals surface area (Å²) < 4.78 is 21.5. The highest BCUT2D eigenvalue weighted by molar-refractivity contribution is 6.06. The van der Waals surface area contributed by atoms with E-state index in [0.717, 1.165) is 5.76 Å².